The average molecular weight is 407 g/mol. The van der Waals surface area contributed by atoms with Crippen LogP contribution in [0.3, 0.4) is 0 Å². The summed E-state index contributed by atoms with van der Waals surface area (Å²) in [5.74, 6) is 0. The number of anilines is 1. The number of carbonyl (C=O) groups is 1. The van der Waals surface area contributed by atoms with Gasteiger partial charge in [-0.15, -0.1) is 11.3 Å². The fraction of sp³-hybridized carbons (Fsp3) is 0.250. The summed E-state index contributed by atoms with van der Waals surface area (Å²) in [6.45, 7) is 0.258. The maximum absolute atomic E-state index is 13.1. The van der Waals surface area contributed by atoms with E-state index in [-0.39, 0.29) is 18.3 Å². The van der Waals surface area contributed by atoms with Crippen LogP contribution in [-0.4, -0.2) is 31.6 Å². The van der Waals surface area contributed by atoms with Crippen molar-refractivity contribution < 1.29 is 18.0 Å². The van der Waals surface area contributed by atoms with Gasteiger partial charge < -0.3 is 15.5 Å². The zero-order valence-electron chi connectivity index (χ0n) is 15.4. The van der Waals surface area contributed by atoms with Crippen LogP contribution in [-0.2, 0) is 6.18 Å². The maximum atomic E-state index is 13.1. The second-order valence-corrected chi connectivity index (χ2v) is 7.46. The van der Waals surface area contributed by atoms with Crippen LogP contribution in [0.4, 0.5) is 23.7 Å². The third-order valence-corrected chi connectivity index (χ3v) is 5.41. The third-order valence-electron chi connectivity index (χ3n) is 4.43. The summed E-state index contributed by atoms with van der Waals surface area (Å²) in [4.78, 5) is 14.2. The smallest absolute Gasteiger partial charge is 0.336 e. The molecule has 148 valence electrons. The predicted octanol–water partition coefficient (Wildman–Crippen LogP) is 5.34. The lowest BCUT2D eigenvalue weighted by Crippen LogP contribution is -2.37. The summed E-state index contributed by atoms with van der Waals surface area (Å²) in [6.07, 6.45) is -4.54. The van der Waals surface area contributed by atoms with E-state index in [1.54, 1.807) is 11.3 Å². The molecule has 1 aromatic heterocycles. The number of benzene rings is 2. The minimum absolute atomic E-state index is 0.111. The first-order chi connectivity index (χ1) is 13.3. The van der Waals surface area contributed by atoms with Gasteiger partial charge in [0.2, 0.25) is 0 Å². The molecular formula is C20H20F3N3OS. The van der Waals surface area contributed by atoms with Crippen molar-refractivity contribution in [3.8, 4) is 0 Å². The number of hydrogen-bond donors (Lipinski definition) is 2. The number of likely N-dealkylation sites (N-methyl/N-ethyl adjacent to an activating group) is 1. The zero-order valence-corrected chi connectivity index (χ0v) is 16.2. The Morgan fingerprint density at radius 2 is 1.79 bits per heavy atom. The topological polar surface area (TPSA) is 44.4 Å². The van der Waals surface area contributed by atoms with E-state index in [0.717, 1.165) is 21.7 Å². The molecule has 4 nitrogen and oxygen atoms in total. The monoisotopic (exact) mass is 407 g/mol. The van der Waals surface area contributed by atoms with Gasteiger partial charge in [0.05, 0.1) is 17.3 Å². The number of nitrogens with zero attached hydrogens (tertiary/aromatic N) is 1. The number of thiophene rings is 1. The van der Waals surface area contributed by atoms with Crippen molar-refractivity contribution >= 4 is 33.1 Å². The van der Waals surface area contributed by atoms with E-state index < -0.39 is 17.8 Å². The molecule has 0 fully saturated rings. The fourth-order valence-electron chi connectivity index (χ4n) is 3.02. The summed E-state index contributed by atoms with van der Waals surface area (Å²) < 4.78 is 40.4. The second-order valence-electron chi connectivity index (χ2n) is 6.54. The number of urea groups is 1. The lowest BCUT2D eigenvalue weighted by atomic mass is 10.0. The molecule has 1 unspecified atom stereocenters. The van der Waals surface area contributed by atoms with Gasteiger partial charge in [-0.3, -0.25) is 0 Å². The summed E-state index contributed by atoms with van der Waals surface area (Å²) >= 11 is 1.62. The predicted molar refractivity (Wildman–Crippen MR) is 107 cm³/mol. The standard InChI is InChI=1S/C20H20F3N3OS/c1-26(2)17(14-12-28-18-10-6-3-7-13(14)18)11-24-19(27)25-16-9-5-4-8-15(16)20(21,22)23/h3-10,12,17H,11H2,1-2H3,(H2,24,25,27). The van der Waals surface area contributed by atoms with Crippen molar-refractivity contribution in [2.45, 2.75) is 12.2 Å². The summed E-state index contributed by atoms with van der Waals surface area (Å²) in [5, 5.41) is 8.15. The molecule has 0 saturated heterocycles. The van der Waals surface area contributed by atoms with E-state index in [2.05, 4.69) is 10.6 Å². The normalized spacial score (nSPS) is 12.9. The van der Waals surface area contributed by atoms with Gasteiger partial charge >= 0.3 is 12.2 Å². The molecule has 1 heterocycles. The Bertz CT molecular complexity index is 968. The van der Waals surface area contributed by atoms with Crippen molar-refractivity contribution in [3.05, 3.63) is 65.0 Å². The number of fused-ring (bicyclic) bond motifs is 1. The summed E-state index contributed by atoms with van der Waals surface area (Å²) in [7, 11) is 3.80. The van der Waals surface area contributed by atoms with Gasteiger partial charge in [-0.2, -0.15) is 13.2 Å². The number of amides is 2. The van der Waals surface area contributed by atoms with Gasteiger partial charge in [-0.25, -0.2) is 4.79 Å². The second kappa shape index (κ2) is 8.20. The molecule has 0 aliphatic carbocycles. The molecule has 1 atom stereocenters. The van der Waals surface area contributed by atoms with Crippen molar-refractivity contribution in [1.82, 2.24) is 10.2 Å². The van der Waals surface area contributed by atoms with Gasteiger partial charge in [-0.1, -0.05) is 30.3 Å². The Balaban J connectivity index is 1.72. The van der Waals surface area contributed by atoms with Gasteiger partial charge in [0, 0.05) is 11.2 Å². The summed E-state index contributed by atoms with van der Waals surface area (Å²) in [5.41, 5.74) is -0.0744. The largest absolute Gasteiger partial charge is 0.418 e. The van der Waals surface area contributed by atoms with E-state index in [1.165, 1.54) is 18.2 Å². The summed E-state index contributed by atoms with van der Waals surface area (Å²) in [6, 6.07) is 12.1. The quantitative estimate of drug-likeness (QED) is 0.599. The Morgan fingerprint density at radius 1 is 1.11 bits per heavy atom. The number of halogens is 3. The Kier molecular flexibility index (Phi) is 5.90. The molecule has 2 aromatic carbocycles. The van der Waals surface area contributed by atoms with Crippen molar-refractivity contribution in [1.29, 1.82) is 0 Å². The third kappa shape index (κ3) is 4.45. The van der Waals surface area contributed by atoms with Crippen LogP contribution in [0.1, 0.15) is 17.2 Å². The van der Waals surface area contributed by atoms with Crippen LogP contribution in [0.25, 0.3) is 10.1 Å². The number of alkyl halides is 3. The van der Waals surface area contributed by atoms with E-state index in [0.29, 0.717) is 0 Å². The first kappa shape index (κ1) is 20.2. The molecule has 2 N–H and O–H groups in total. The highest BCUT2D eigenvalue weighted by Gasteiger charge is 2.33. The average Bonchev–Trinajstić information content (AvgIpc) is 3.05. The van der Waals surface area contributed by atoms with Crippen LogP contribution in [0.5, 0.6) is 0 Å². The number of carbonyl (C=O) groups excluding carboxylic acids is 1. The molecule has 0 aliphatic rings. The molecular weight excluding hydrogens is 387 g/mol. The molecule has 0 bridgehead atoms. The Hall–Kier alpha value is -2.58. The highest BCUT2D eigenvalue weighted by Crippen LogP contribution is 2.35. The molecule has 3 aromatic rings. The Morgan fingerprint density at radius 3 is 2.50 bits per heavy atom. The molecule has 0 saturated carbocycles. The zero-order chi connectivity index (χ0) is 20.3. The van der Waals surface area contributed by atoms with E-state index in [1.807, 2.05) is 48.6 Å². The number of rotatable bonds is 5. The van der Waals surface area contributed by atoms with Crippen LogP contribution in [0.2, 0.25) is 0 Å². The van der Waals surface area contributed by atoms with Gasteiger partial charge in [-0.05, 0) is 48.6 Å². The van der Waals surface area contributed by atoms with Crippen LogP contribution < -0.4 is 10.6 Å². The van der Waals surface area contributed by atoms with Crippen molar-refractivity contribution in [2.75, 3.05) is 26.0 Å². The molecule has 3 rings (SSSR count). The molecule has 0 radical (unpaired) electrons. The van der Waals surface area contributed by atoms with Crippen LogP contribution in [0, 0.1) is 0 Å². The number of nitrogens with one attached hydrogen (secondary N) is 2. The molecule has 0 spiro atoms. The highest BCUT2D eigenvalue weighted by molar-refractivity contribution is 7.17. The SMILES string of the molecule is CN(C)C(CNC(=O)Nc1ccccc1C(F)(F)F)c1csc2ccccc12. The molecule has 2 amide bonds. The van der Waals surface area contributed by atoms with E-state index >= 15 is 0 Å². The van der Waals surface area contributed by atoms with Crippen molar-refractivity contribution in [2.24, 2.45) is 0 Å². The first-order valence-electron chi connectivity index (χ1n) is 8.61. The van der Waals surface area contributed by atoms with E-state index in [9.17, 15) is 18.0 Å². The molecule has 8 heteroatoms. The molecule has 28 heavy (non-hydrogen) atoms. The molecule has 0 aliphatic heterocycles. The first-order valence-corrected chi connectivity index (χ1v) is 9.49. The minimum atomic E-state index is -4.54. The Labute approximate surface area is 165 Å². The number of hydrogen-bond acceptors (Lipinski definition) is 3. The van der Waals surface area contributed by atoms with Gasteiger partial charge in [0.25, 0.3) is 0 Å². The minimum Gasteiger partial charge on any atom is -0.336 e. The maximum Gasteiger partial charge on any atom is 0.418 e. The van der Waals surface area contributed by atoms with Gasteiger partial charge in [0.15, 0.2) is 0 Å². The van der Waals surface area contributed by atoms with E-state index in [4.69, 9.17) is 0 Å². The highest BCUT2D eigenvalue weighted by atomic mass is 32.1. The van der Waals surface area contributed by atoms with Crippen molar-refractivity contribution in [3.63, 3.8) is 0 Å². The fourth-order valence-corrected chi connectivity index (χ4v) is 4.03. The van der Waals surface area contributed by atoms with Crippen LogP contribution in [0.15, 0.2) is 53.9 Å². The van der Waals surface area contributed by atoms with Gasteiger partial charge in [0.1, 0.15) is 0 Å². The van der Waals surface area contributed by atoms with Crippen LogP contribution >= 0.6 is 11.3 Å². The lowest BCUT2D eigenvalue weighted by Gasteiger charge is -2.25. The lowest BCUT2D eigenvalue weighted by molar-refractivity contribution is -0.136. The number of para-hydroxylation sites is 1.